The van der Waals surface area contributed by atoms with Gasteiger partial charge in [0.05, 0.1) is 24.8 Å². The molecule has 0 spiro atoms. The number of phenols is 1. The molecule has 0 radical (unpaired) electrons. The molecule has 1 amide bonds. The highest BCUT2D eigenvalue weighted by molar-refractivity contribution is 6.46. The van der Waals surface area contributed by atoms with E-state index >= 15 is 0 Å². The zero-order valence-corrected chi connectivity index (χ0v) is 20.2. The van der Waals surface area contributed by atoms with E-state index in [1.165, 1.54) is 11.0 Å². The first-order valence-electron chi connectivity index (χ1n) is 11.8. The number of phenolic OH excluding ortho intramolecular Hbond substituents is 1. The molecule has 1 aromatic heterocycles. The van der Waals surface area contributed by atoms with Crippen molar-refractivity contribution in [3.8, 4) is 17.2 Å². The van der Waals surface area contributed by atoms with Crippen molar-refractivity contribution < 1.29 is 29.3 Å². The number of amides is 1. The van der Waals surface area contributed by atoms with Gasteiger partial charge in [-0.25, -0.2) is 0 Å². The molecule has 1 aliphatic heterocycles. The molecule has 0 bridgehead atoms. The first-order valence-corrected chi connectivity index (χ1v) is 11.8. The van der Waals surface area contributed by atoms with Crippen molar-refractivity contribution in [1.82, 2.24) is 9.88 Å². The van der Waals surface area contributed by atoms with E-state index in [1.807, 2.05) is 6.92 Å². The number of ketones is 1. The number of nitrogens with zero attached hydrogens (tertiary/aromatic N) is 2. The number of benzene rings is 2. The number of ether oxygens (including phenoxy) is 2. The number of pyridine rings is 1. The van der Waals surface area contributed by atoms with E-state index in [1.54, 1.807) is 67.8 Å². The van der Waals surface area contributed by atoms with E-state index in [9.17, 15) is 19.8 Å². The molecule has 8 nitrogen and oxygen atoms in total. The number of likely N-dealkylation sites (tertiary alicyclic amines) is 1. The van der Waals surface area contributed by atoms with E-state index in [0.717, 1.165) is 12.0 Å². The van der Waals surface area contributed by atoms with E-state index in [4.69, 9.17) is 9.47 Å². The fraction of sp³-hybridized carbons (Fsp3) is 0.250. The molecule has 2 N–H and O–H groups in total. The lowest BCUT2D eigenvalue weighted by molar-refractivity contribution is -0.140. The maximum Gasteiger partial charge on any atom is 0.295 e. The fourth-order valence-electron chi connectivity index (χ4n) is 4.16. The number of carbonyl (C=O) groups is 2. The minimum absolute atomic E-state index is 0.0464. The summed E-state index contributed by atoms with van der Waals surface area (Å²) in [6.45, 7) is 4.73. The minimum atomic E-state index is -0.904. The molecule has 8 heteroatoms. The minimum Gasteiger partial charge on any atom is -0.507 e. The number of aromatic hydroxyl groups is 1. The lowest BCUT2D eigenvalue weighted by atomic mass is 9.94. The Hall–Kier alpha value is -4.33. The number of Topliss-reactive ketones (excluding diaryl/α,β-unsaturated/α-hetero) is 1. The average Bonchev–Trinajstić information content (AvgIpc) is 3.14. The van der Waals surface area contributed by atoms with E-state index in [0.29, 0.717) is 30.1 Å². The number of hydrogen-bond acceptors (Lipinski definition) is 7. The Balaban J connectivity index is 1.85. The van der Waals surface area contributed by atoms with Crippen molar-refractivity contribution in [1.29, 1.82) is 0 Å². The summed E-state index contributed by atoms with van der Waals surface area (Å²) in [6, 6.07) is 14.0. The van der Waals surface area contributed by atoms with Gasteiger partial charge in [-0.15, -0.1) is 0 Å². The second-order valence-corrected chi connectivity index (χ2v) is 8.32. The molecule has 186 valence electrons. The molecule has 2 heterocycles. The Bertz CT molecular complexity index is 1290. The van der Waals surface area contributed by atoms with Gasteiger partial charge in [0, 0.05) is 24.5 Å². The van der Waals surface area contributed by atoms with Gasteiger partial charge in [0.2, 0.25) is 0 Å². The van der Waals surface area contributed by atoms with Crippen molar-refractivity contribution in [2.75, 3.05) is 13.2 Å². The second-order valence-electron chi connectivity index (χ2n) is 8.32. The highest BCUT2D eigenvalue weighted by atomic mass is 16.5. The van der Waals surface area contributed by atoms with Crippen molar-refractivity contribution >= 4 is 17.4 Å². The summed E-state index contributed by atoms with van der Waals surface area (Å²) in [6.07, 6.45) is 4.03. The summed E-state index contributed by atoms with van der Waals surface area (Å²) >= 11 is 0. The third-order valence-corrected chi connectivity index (χ3v) is 5.82. The van der Waals surface area contributed by atoms with Crippen molar-refractivity contribution in [3.63, 3.8) is 0 Å². The Morgan fingerprint density at radius 2 is 1.81 bits per heavy atom. The lowest BCUT2D eigenvalue weighted by Gasteiger charge is -2.26. The molecular weight excluding hydrogens is 460 g/mol. The van der Waals surface area contributed by atoms with Crippen molar-refractivity contribution in [3.05, 3.63) is 89.3 Å². The van der Waals surface area contributed by atoms with Crippen LogP contribution >= 0.6 is 0 Å². The Morgan fingerprint density at radius 3 is 2.53 bits per heavy atom. The SMILES string of the molecule is CCCOc1cccc(C(O)=C2C(=O)C(=O)N(Cc3ccncc3)C2c2ccc(O)c(OCC)c2)c1. The van der Waals surface area contributed by atoms with Crippen LogP contribution in [-0.2, 0) is 16.1 Å². The molecule has 36 heavy (non-hydrogen) atoms. The Labute approximate surface area is 209 Å². The number of aliphatic hydroxyl groups excluding tert-OH is 1. The zero-order valence-electron chi connectivity index (χ0n) is 20.2. The van der Waals surface area contributed by atoms with Gasteiger partial charge in [-0.1, -0.05) is 25.1 Å². The molecule has 4 rings (SSSR count). The average molecular weight is 489 g/mol. The fourth-order valence-corrected chi connectivity index (χ4v) is 4.16. The summed E-state index contributed by atoms with van der Waals surface area (Å²) < 4.78 is 11.2. The zero-order chi connectivity index (χ0) is 25.7. The predicted octanol–water partition coefficient (Wildman–Crippen LogP) is 4.60. The summed E-state index contributed by atoms with van der Waals surface area (Å²) in [5.74, 6) is -1.12. The number of hydrogen-bond donors (Lipinski definition) is 2. The molecule has 1 aliphatic rings. The van der Waals surface area contributed by atoms with E-state index in [2.05, 4.69) is 4.98 Å². The van der Waals surface area contributed by atoms with Gasteiger partial charge in [-0.3, -0.25) is 14.6 Å². The van der Waals surface area contributed by atoms with Crippen LogP contribution < -0.4 is 9.47 Å². The lowest BCUT2D eigenvalue weighted by Crippen LogP contribution is -2.29. The Kier molecular flexibility index (Phi) is 7.53. The van der Waals surface area contributed by atoms with Gasteiger partial charge in [0.25, 0.3) is 11.7 Å². The molecule has 2 aromatic carbocycles. The highest BCUT2D eigenvalue weighted by Crippen LogP contribution is 2.42. The van der Waals surface area contributed by atoms with Crippen LogP contribution in [0.4, 0.5) is 0 Å². The van der Waals surface area contributed by atoms with Crippen LogP contribution in [0.1, 0.15) is 43.0 Å². The van der Waals surface area contributed by atoms with Gasteiger partial charge < -0.3 is 24.6 Å². The van der Waals surface area contributed by atoms with Gasteiger partial charge >= 0.3 is 0 Å². The van der Waals surface area contributed by atoms with Gasteiger partial charge in [0.15, 0.2) is 11.5 Å². The topological polar surface area (TPSA) is 109 Å². The van der Waals surface area contributed by atoms with Crippen LogP contribution in [0.15, 0.2) is 72.6 Å². The third kappa shape index (κ3) is 5.02. The molecule has 1 saturated heterocycles. The van der Waals surface area contributed by atoms with Crippen LogP contribution in [0.5, 0.6) is 17.2 Å². The van der Waals surface area contributed by atoms with E-state index < -0.39 is 17.7 Å². The quantitative estimate of drug-likeness (QED) is 0.257. The first-order chi connectivity index (χ1) is 17.4. The standard InChI is InChI=1S/C28H28N2O6/c1-3-14-36-21-7-5-6-20(15-21)26(32)24-25(19-8-9-22(31)23(16-19)35-4-2)30(28(34)27(24)33)17-18-10-12-29-13-11-18/h5-13,15-16,25,31-32H,3-4,14,17H2,1-2H3. The number of carbonyl (C=O) groups excluding carboxylic acids is 2. The normalized spacial score (nSPS) is 16.8. The maximum absolute atomic E-state index is 13.3. The van der Waals surface area contributed by atoms with Crippen LogP contribution in [0.3, 0.4) is 0 Å². The van der Waals surface area contributed by atoms with Crippen LogP contribution in [0.25, 0.3) is 5.76 Å². The van der Waals surface area contributed by atoms with Gasteiger partial charge in [-0.2, -0.15) is 0 Å². The highest BCUT2D eigenvalue weighted by Gasteiger charge is 2.46. The largest absolute Gasteiger partial charge is 0.507 e. The smallest absolute Gasteiger partial charge is 0.295 e. The summed E-state index contributed by atoms with van der Waals surface area (Å²) in [5, 5.41) is 21.5. The van der Waals surface area contributed by atoms with Crippen LogP contribution in [0.2, 0.25) is 0 Å². The number of aromatic nitrogens is 1. The molecule has 0 saturated carbocycles. The second kappa shape index (κ2) is 10.9. The maximum atomic E-state index is 13.3. The predicted molar refractivity (Wildman–Crippen MR) is 134 cm³/mol. The van der Waals surface area contributed by atoms with Crippen molar-refractivity contribution in [2.45, 2.75) is 32.9 Å². The number of aliphatic hydroxyl groups is 1. The molecule has 1 atom stereocenters. The molecular formula is C28H28N2O6. The Morgan fingerprint density at radius 1 is 1.03 bits per heavy atom. The first kappa shape index (κ1) is 24.8. The van der Waals surface area contributed by atoms with Crippen molar-refractivity contribution in [2.24, 2.45) is 0 Å². The van der Waals surface area contributed by atoms with Gasteiger partial charge in [0.1, 0.15) is 11.5 Å². The number of rotatable bonds is 9. The molecule has 0 aliphatic carbocycles. The molecule has 3 aromatic rings. The molecule has 1 unspecified atom stereocenters. The summed E-state index contributed by atoms with van der Waals surface area (Å²) in [5.41, 5.74) is 1.61. The van der Waals surface area contributed by atoms with Crippen LogP contribution in [-0.4, -0.2) is 45.0 Å². The summed E-state index contributed by atoms with van der Waals surface area (Å²) in [7, 11) is 0. The third-order valence-electron chi connectivity index (χ3n) is 5.82. The van der Waals surface area contributed by atoms with E-state index in [-0.39, 0.29) is 29.4 Å². The monoisotopic (exact) mass is 488 g/mol. The molecule has 1 fully saturated rings. The van der Waals surface area contributed by atoms with Gasteiger partial charge in [-0.05, 0) is 60.9 Å². The van der Waals surface area contributed by atoms with Crippen LogP contribution in [0, 0.1) is 0 Å². The summed E-state index contributed by atoms with van der Waals surface area (Å²) in [4.78, 5) is 32.0.